The molecule has 0 aliphatic carbocycles. The summed E-state index contributed by atoms with van der Waals surface area (Å²) in [6.07, 6.45) is 2.31. The van der Waals surface area contributed by atoms with E-state index in [-0.39, 0.29) is 0 Å². The predicted molar refractivity (Wildman–Crippen MR) is 68.3 cm³/mol. The van der Waals surface area contributed by atoms with E-state index >= 15 is 0 Å². The molecule has 84 valence electrons. The van der Waals surface area contributed by atoms with E-state index in [1.807, 2.05) is 18.2 Å². The fraction of sp³-hybridized carbons (Fsp3) is 0. The lowest BCUT2D eigenvalue weighted by molar-refractivity contribution is -0.105. The molecule has 5 heteroatoms. The standard InChI is InChI=1S/C12H8ClN3O/c13-9-3-4-14-12-11(9)8-5-7(15-6-17)1-2-10(8)16-12/h1-6H,(H,14,16)(H,15,17). The van der Waals surface area contributed by atoms with Crippen molar-refractivity contribution in [3.63, 3.8) is 0 Å². The van der Waals surface area contributed by atoms with Crippen LogP contribution in [0.1, 0.15) is 0 Å². The number of carbonyl (C=O) groups is 1. The van der Waals surface area contributed by atoms with Crippen molar-refractivity contribution in [2.75, 3.05) is 5.32 Å². The van der Waals surface area contributed by atoms with Crippen molar-refractivity contribution in [1.29, 1.82) is 0 Å². The highest BCUT2D eigenvalue weighted by Gasteiger charge is 2.08. The van der Waals surface area contributed by atoms with Crippen LogP contribution in [0.2, 0.25) is 5.02 Å². The van der Waals surface area contributed by atoms with Gasteiger partial charge in [-0.05, 0) is 24.3 Å². The predicted octanol–water partition coefficient (Wildman–Crippen LogP) is 2.94. The summed E-state index contributed by atoms with van der Waals surface area (Å²) in [5.74, 6) is 0. The van der Waals surface area contributed by atoms with E-state index in [9.17, 15) is 4.79 Å². The Kier molecular flexibility index (Phi) is 2.23. The zero-order chi connectivity index (χ0) is 11.8. The number of nitrogens with one attached hydrogen (secondary N) is 2. The van der Waals surface area contributed by atoms with Crippen LogP contribution in [0.25, 0.3) is 21.9 Å². The zero-order valence-electron chi connectivity index (χ0n) is 8.70. The van der Waals surface area contributed by atoms with Gasteiger partial charge in [-0.3, -0.25) is 4.79 Å². The molecule has 17 heavy (non-hydrogen) atoms. The third-order valence-electron chi connectivity index (χ3n) is 2.67. The maximum Gasteiger partial charge on any atom is 0.211 e. The minimum Gasteiger partial charge on any atom is -0.339 e. The van der Waals surface area contributed by atoms with Crippen LogP contribution in [-0.2, 0) is 4.79 Å². The summed E-state index contributed by atoms with van der Waals surface area (Å²) in [5, 5.41) is 5.08. The van der Waals surface area contributed by atoms with Crippen LogP contribution in [0.3, 0.4) is 0 Å². The second kappa shape index (κ2) is 3.75. The Morgan fingerprint density at radius 1 is 1.35 bits per heavy atom. The molecule has 3 aromatic rings. The molecule has 1 amide bonds. The highest BCUT2D eigenvalue weighted by atomic mass is 35.5. The molecule has 2 heterocycles. The number of nitrogens with zero attached hydrogens (tertiary/aromatic N) is 1. The summed E-state index contributed by atoms with van der Waals surface area (Å²) in [5.41, 5.74) is 2.42. The van der Waals surface area contributed by atoms with Gasteiger partial charge in [-0.1, -0.05) is 11.6 Å². The van der Waals surface area contributed by atoms with Gasteiger partial charge in [-0.15, -0.1) is 0 Å². The molecule has 0 saturated carbocycles. The molecule has 1 aromatic carbocycles. The number of hydrogen-bond donors (Lipinski definition) is 2. The maximum atomic E-state index is 10.4. The minimum atomic E-state index is 0.643. The number of rotatable bonds is 2. The number of fused-ring (bicyclic) bond motifs is 3. The van der Waals surface area contributed by atoms with Crippen molar-refractivity contribution in [2.24, 2.45) is 0 Å². The monoisotopic (exact) mass is 245 g/mol. The lowest BCUT2D eigenvalue weighted by Crippen LogP contribution is -1.92. The summed E-state index contributed by atoms with van der Waals surface area (Å²) >= 11 is 6.16. The zero-order valence-corrected chi connectivity index (χ0v) is 9.45. The number of pyridine rings is 1. The van der Waals surface area contributed by atoms with Crippen molar-refractivity contribution in [3.8, 4) is 0 Å². The quantitative estimate of drug-likeness (QED) is 0.682. The van der Waals surface area contributed by atoms with Crippen LogP contribution in [0.5, 0.6) is 0 Å². The van der Waals surface area contributed by atoms with Gasteiger partial charge in [0.05, 0.1) is 5.02 Å². The molecular weight excluding hydrogens is 238 g/mol. The molecular formula is C12H8ClN3O. The highest BCUT2D eigenvalue weighted by Crippen LogP contribution is 2.31. The first-order valence-electron chi connectivity index (χ1n) is 5.06. The van der Waals surface area contributed by atoms with E-state index in [1.165, 1.54) is 0 Å². The van der Waals surface area contributed by atoms with Crippen LogP contribution < -0.4 is 5.32 Å². The molecule has 3 rings (SSSR count). The molecule has 4 nitrogen and oxygen atoms in total. The second-order valence-electron chi connectivity index (χ2n) is 3.66. The summed E-state index contributed by atoms with van der Waals surface area (Å²) in [4.78, 5) is 17.8. The van der Waals surface area contributed by atoms with Crippen LogP contribution in [0.4, 0.5) is 5.69 Å². The van der Waals surface area contributed by atoms with Gasteiger partial charge in [0, 0.05) is 28.2 Å². The number of hydrogen-bond acceptors (Lipinski definition) is 2. The smallest absolute Gasteiger partial charge is 0.211 e. The number of aromatic amines is 1. The van der Waals surface area contributed by atoms with E-state index < -0.39 is 0 Å². The minimum absolute atomic E-state index is 0.643. The lowest BCUT2D eigenvalue weighted by Gasteiger charge is -1.98. The van der Waals surface area contributed by atoms with E-state index in [0.29, 0.717) is 11.4 Å². The highest BCUT2D eigenvalue weighted by molar-refractivity contribution is 6.37. The number of halogens is 1. The van der Waals surface area contributed by atoms with Gasteiger partial charge in [-0.25, -0.2) is 4.98 Å². The first-order chi connectivity index (χ1) is 8.29. The van der Waals surface area contributed by atoms with Crippen LogP contribution >= 0.6 is 11.6 Å². The lowest BCUT2D eigenvalue weighted by atomic mass is 10.2. The van der Waals surface area contributed by atoms with E-state index in [2.05, 4.69) is 15.3 Å². The third-order valence-corrected chi connectivity index (χ3v) is 2.98. The van der Waals surface area contributed by atoms with Crippen molar-refractivity contribution in [1.82, 2.24) is 9.97 Å². The summed E-state index contributed by atoms with van der Waals surface area (Å²) in [7, 11) is 0. The average molecular weight is 246 g/mol. The molecule has 0 bridgehead atoms. The summed E-state index contributed by atoms with van der Waals surface area (Å²) in [6, 6.07) is 7.33. The molecule has 0 radical (unpaired) electrons. The second-order valence-corrected chi connectivity index (χ2v) is 4.07. The molecule has 2 N–H and O–H groups in total. The van der Waals surface area contributed by atoms with Gasteiger partial charge in [0.25, 0.3) is 0 Å². The van der Waals surface area contributed by atoms with Crippen molar-refractivity contribution in [3.05, 3.63) is 35.5 Å². The van der Waals surface area contributed by atoms with Crippen LogP contribution in [-0.4, -0.2) is 16.4 Å². The number of aromatic nitrogens is 2. The first-order valence-corrected chi connectivity index (χ1v) is 5.43. The Labute approximate surface area is 102 Å². The number of H-pyrrole nitrogens is 1. The van der Waals surface area contributed by atoms with Crippen LogP contribution in [0, 0.1) is 0 Å². The molecule has 0 atom stereocenters. The van der Waals surface area contributed by atoms with Crippen molar-refractivity contribution >= 4 is 45.6 Å². The molecule has 0 aliphatic heterocycles. The van der Waals surface area contributed by atoms with E-state index in [0.717, 1.165) is 27.6 Å². The van der Waals surface area contributed by atoms with Crippen LogP contribution in [0.15, 0.2) is 30.5 Å². The Morgan fingerprint density at radius 3 is 3.06 bits per heavy atom. The molecule has 0 spiro atoms. The molecule has 0 saturated heterocycles. The van der Waals surface area contributed by atoms with Gasteiger partial charge in [0.15, 0.2) is 0 Å². The van der Waals surface area contributed by atoms with Crippen molar-refractivity contribution in [2.45, 2.75) is 0 Å². The van der Waals surface area contributed by atoms with E-state index in [4.69, 9.17) is 11.6 Å². The molecule has 0 unspecified atom stereocenters. The normalized spacial score (nSPS) is 10.9. The van der Waals surface area contributed by atoms with Gasteiger partial charge in [0.1, 0.15) is 5.65 Å². The Balaban J connectivity index is 2.40. The molecule has 0 aliphatic rings. The SMILES string of the molecule is O=CNc1ccc2[nH]c3nccc(Cl)c3c2c1. The largest absolute Gasteiger partial charge is 0.339 e. The average Bonchev–Trinajstić information content (AvgIpc) is 2.68. The van der Waals surface area contributed by atoms with E-state index in [1.54, 1.807) is 12.3 Å². The third kappa shape index (κ3) is 1.54. The topological polar surface area (TPSA) is 57.8 Å². The maximum absolute atomic E-state index is 10.4. The Morgan fingerprint density at radius 2 is 2.24 bits per heavy atom. The Bertz CT molecular complexity index is 720. The number of carbonyl (C=O) groups excluding carboxylic acids is 1. The van der Waals surface area contributed by atoms with Crippen molar-refractivity contribution < 1.29 is 4.79 Å². The number of amides is 1. The Hall–Kier alpha value is -2.07. The van der Waals surface area contributed by atoms with Gasteiger partial charge in [0.2, 0.25) is 6.41 Å². The molecule has 0 fully saturated rings. The summed E-state index contributed by atoms with van der Waals surface area (Å²) < 4.78 is 0. The summed E-state index contributed by atoms with van der Waals surface area (Å²) in [6.45, 7) is 0. The number of anilines is 1. The molecule has 2 aromatic heterocycles. The van der Waals surface area contributed by atoms with Gasteiger partial charge in [-0.2, -0.15) is 0 Å². The fourth-order valence-corrected chi connectivity index (χ4v) is 2.18. The van der Waals surface area contributed by atoms with Gasteiger partial charge >= 0.3 is 0 Å². The van der Waals surface area contributed by atoms with Gasteiger partial charge < -0.3 is 10.3 Å². The first kappa shape index (κ1) is 10.1. The fourth-order valence-electron chi connectivity index (χ4n) is 1.93. The number of benzene rings is 1.